The molecule has 1 heterocycles. The van der Waals surface area contributed by atoms with Gasteiger partial charge >= 0.3 is 0 Å². The molecule has 98 valence electrons. The molecule has 4 nitrogen and oxygen atoms in total. The van der Waals surface area contributed by atoms with Crippen LogP contribution in [-0.4, -0.2) is 17.5 Å². The molecule has 0 saturated carbocycles. The van der Waals surface area contributed by atoms with Gasteiger partial charge in [0.15, 0.2) is 5.13 Å². The van der Waals surface area contributed by atoms with Crippen molar-refractivity contribution in [1.82, 2.24) is 4.98 Å². The average Bonchev–Trinajstić information content (AvgIpc) is 2.91. The molecule has 1 amide bonds. The summed E-state index contributed by atoms with van der Waals surface area (Å²) in [6, 6.07) is 7.56. The first-order valence-corrected chi connectivity index (χ1v) is 6.77. The van der Waals surface area contributed by atoms with Crippen LogP contribution in [0.5, 0.6) is 5.75 Å². The fourth-order valence-electron chi connectivity index (χ4n) is 1.45. The van der Waals surface area contributed by atoms with E-state index >= 15 is 0 Å². The van der Waals surface area contributed by atoms with Crippen LogP contribution in [0.25, 0.3) is 6.08 Å². The zero-order valence-corrected chi connectivity index (χ0v) is 11.3. The Hall–Kier alpha value is -2.14. The Balaban J connectivity index is 1.92. The number of hydrogen-bond acceptors (Lipinski definition) is 4. The fourth-order valence-corrected chi connectivity index (χ4v) is 1.98. The molecule has 1 N–H and O–H groups in total. The van der Waals surface area contributed by atoms with Crippen LogP contribution < -0.4 is 10.1 Å². The zero-order chi connectivity index (χ0) is 13.5. The van der Waals surface area contributed by atoms with Gasteiger partial charge in [-0.1, -0.05) is 12.1 Å². The number of thiazole rings is 1. The molecule has 0 spiro atoms. The highest BCUT2D eigenvalue weighted by atomic mass is 32.1. The van der Waals surface area contributed by atoms with Gasteiger partial charge in [-0.3, -0.25) is 10.1 Å². The van der Waals surface area contributed by atoms with E-state index in [1.807, 2.05) is 36.6 Å². The highest BCUT2D eigenvalue weighted by molar-refractivity contribution is 7.13. The molecule has 0 fully saturated rings. The van der Waals surface area contributed by atoms with Crippen molar-refractivity contribution in [2.24, 2.45) is 0 Å². The van der Waals surface area contributed by atoms with Crippen LogP contribution in [0.2, 0.25) is 0 Å². The number of ether oxygens (including phenoxy) is 1. The number of benzene rings is 1. The Labute approximate surface area is 115 Å². The van der Waals surface area contributed by atoms with E-state index in [0.29, 0.717) is 11.7 Å². The quantitative estimate of drug-likeness (QED) is 0.852. The number of carbonyl (C=O) groups is 1. The summed E-state index contributed by atoms with van der Waals surface area (Å²) in [5.74, 6) is 0.635. The number of nitrogens with zero attached hydrogens (tertiary/aromatic N) is 1. The minimum atomic E-state index is -0.191. The van der Waals surface area contributed by atoms with Crippen molar-refractivity contribution in [1.29, 1.82) is 0 Å². The maximum Gasteiger partial charge on any atom is 0.250 e. The summed E-state index contributed by atoms with van der Waals surface area (Å²) in [4.78, 5) is 15.6. The van der Waals surface area contributed by atoms with Gasteiger partial charge in [0, 0.05) is 17.7 Å². The highest BCUT2D eigenvalue weighted by Crippen LogP contribution is 2.13. The molecular formula is C14H14N2O2S. The van der Waals surface area contributed by atoms with Gasteiger partial charge in [-0.05, 0) is 30.7 Å². The molecular weight excluding hydrogens is 260 g/mol. The minimum Gasteiger partial charge on any atom is -0.494 e. The van der Waals surface area contributed by atoms with E-state index in [4.69, 9.17) is 4.74 Å². The normalized spacial score (nSPS) is 10.6. The first-order valence-electron chi connectivity index (χ1n) is 5.89. The third kappa shape index (κ3) is 4.22. The summed E-state index contributed by atoms with van der Waals surface area (Å²) < 4.78 is 5.35. The number of carbonyl (C=O) groups excluding carboxylic acids is 1. The molecule has 0 unspecified atom stereocenters. The van der Waals surface area contributed by atoms with Gasteiger partial charge in [-0.2, -0.15) is 0 Å². The fraction of sp³-hybridized carbons (Fsp3) is 0.143. The maximum atomic E-state index is 11.6. The number of amides is 1. The minimum absolute atomic E-state index is 0.191. The van der Waals surface area contributed by atoms with Gasteiger partial charge in [-0.15, -0.1) is 11.3 Å². The van der Waals surface area contributed by atoms with Gasteiger partial charge in [0.25, 0.3) is 0 Å². The van der Waals surface area contributed by atoms with Crippen molar-refractivity contribution in [2.75, 3.05) is 11.9 Å². The first kappa shape index (κ1) is 13.3. The van der Waals surface area contributed by atoms with Crippen LogP contribution in [0.3, 0.4) is 0 Å². The standard InChI is InChI=1S/C14H14N2O2S/c1-2-18-12-6-3-11(4-7-12)5-8-13(17)16-14-15-9-10-19-14/h3-10H,2H2,1H3,(H,15,16,17)/b8-5+. The summed E-state index contributed by atoms with van der Waals surface area (Å²) in [6.07, 6.45) is 4.88. The van der Waals surface area contributed by atoms with Gasteiger partial charge in [0.1, 0.15) is 5.75 Å². The van der Waals surface area contributed by atoms with Crippen molar-refractivity contribution < 1.29 is 9.53 Å². The molecule has 0 bridgehead atoms. The van der Waals surface area contributed by atoms with E-state index in [1.165, 1.54) is 17.4 Å². The van der Waals surface area contributed by atoms with Gasteiger partial charge < -0.3 is 4.74 Å². The topological polar surface area (TPSA) is 51.2 Å². The average molecular weight is 274 g/mol. The Morgan fingerprint density at radius 3 is 2.84 bits per heavy atom. The van der Waals surface area contributed by atoms with E-state index in [9.17, 15) is 4.79 Å². The van der Waals surface area contributed by atoms with Crippen LogP contribution in [0.15, 0.2) is 41.9 Å². The molecule has 19 heavy (non-hydrogen) atoms. The third-order valence-electron chi connectivity index (χ3n) is 2.28. The van der Waals surface area contributed by atoms with E-state index in [2.05, 4.69) is 10.3 Å². The van der Waals surface area contributed by atoms with Gasteiger partial charge in [-0.25, -0.2) is 4.98 Å². The van der Waals surface area contributed by atoms with Crippen molar-refractivity contribution in [3.63, 3.8) is 0 Å². The van der Waals surface area contributed by atoms with E-state index in [0.717, 1.165) is 11.3 Å². The lowest BCUT2D eigenvalue weighted by Gasteiger charge is -2.02. The predicted octanol–water partition coefficient (Wildman–Crippen LogP) is 3.19. The largest absolute Gasteiger partial charge is 0.494 e. The summed E-state index contributed by atoms with van der Waals surface area (Å²) in [7, 11) is 0. The second-order valence-corrected chi connectivity index (χ2v) is 4.56. The summed E-state index contributed by atoms with van der Waals surface area (Å²) >= 11 is 1.39. The number of hydrogen-bond donors (Lipinski definition) is 1. The molecule has 5 heteroatoms. The van der Waals surface area contributed by atoms with Crippen molar-refractivity contribution in [3.05, 3.63) is 47.5 Å². The molecule has 1 aromatic heterocycles. The smallest absolute Gasteiger partial charge is 0.250 e. The molecule has 0 atom stereocenters. The summed E-state index contributed by atoms with van der Waals surface area (Å²) in [5, 5.41) is 5.09. The Kier molecular flexibility index (Phi) is 4.69. The number of rotatable bonds is 5. The Bertz CT molecular complexity index is 547. The SMILES string of the molecule is CCOc1ccc(/C=C/C(=O)Nc2nccs2)cc1. The molecule has 2 rings (SSSR count). The lowest BCUT2D eigenvalue weighted by Crippen LogP contribution is -2.06. The summed E-state index contributed by atoms with van der Waals surface area (Å²) in [6.45, 7) is 2.59. The van der Waals surface area contributed by atoms with Crippen LogP contribution in [0.1, 0.15) is 12.5 Å². The van der Waals surface area contributed by atoms with Crippen LogP contribution >= 0.6 is 11.3 Å². The van der Waals surface area contributed by atoms with E-state index < -0.39 is 0 Å². The first-order chi connectivity index (χ1) is 9.28. The van der Waals surface area contributed by atoms with Crippen molar-refractivity contribution in [2.45, 2.75) is 6.92 Å². The zero-order valence-electron chi connectivity index (χ0n) is 10.5. The van der Waals surface area contributed by atoms with E-state index in [1.54, 1.807) is 12.3 Å². The van der Waals surface area contributed by atoms with Gasteiger partial charge in [0.05, 0.1) is 6.61 Å². The molecule has 2 aromatic rings. The number of nitrogens with one attached hydrogen (secondary N) is 1. The van der Waals surface area contributed by atoms with Crippen LogP contribution in [0.4, 0.5) is 5.13 Å². The Morgan fingerprint density at radius 1 is 1.42 bits per heavy atom. The van der Waals surface area contributed by atoms with E-state index in [-0.39, 0.29) is 5.91 Å². The number of aromatic nitrogens is 1. The lowest BCUT2D eigenvalue weighted by atomic mass is 10.2. The van der Waals surface area contributed by atoms with Gasteiger partial charge in [0.2, 0.25) is 5.91 Å². The van der Waals surface area contributed by atoms with Crippen molar-refractivity contribution >= 4 is 28.5 Å². The second-order valence-electron chi connectivity index (χ2n) is 3.66. The Morgan fingerprint density at radius 2 is 2.21 bits per heavy atom. The molecule has 0 aliphatic rings. The molecule has 0 aliphatic heterocycles. The molecule has 0 radical (unpaired) electrons. The summed E-state index contributed by atoms with van der Waals surface area (Å²) in [5.41, 5.74) is 0.942. The third-order valence-corrected chi connectivity index (χ3v) is 2.97. The van der Waals surface area contributed by atoms with Crippen LogP contribution in [-0.2, 0) is 4.79 Å². The molecule has 1 aromatic carbocycles. The highest BCUT2D eigenvalue weighted by Gasteiger charge is 1.99. The maximum absolute atomic E-state index is 11.6. The van der Waals surface area contributed by atoms with Crippen molar-refractivity contribution in [3.8, 4) is 5.75 Å². The predicted molar refractivity (Wildman–Crippen MR) is 77.4 cm³/mol. The second kappa shape index (κ2) is 6.70. The molecule has 0 saturated heterocycles. The number of anilines is 1. The molecule has 0 aliphatic carbocycles. The van der Waals surface area contributed by atoms with Crippen LogP contribution in [0, 0.1) is 0 Å². The lowest BCUT2D eigenvalue weighted by molar-refractivity contribution is -0.111. The monoisotopic (exact) mass is 274 g/mol.